The first kappa shape index (κ1) is 18.2. The third-order valence-corrected chi connectivity index (χ3v) is 5.15. The van der Waals surface area contributed by atoms with Crippen LogP contribution in [0.15, 0.2) is 53.4 Å². The van der Waals surface area contributed by atoms with Crippen LogP contribution in [0.5, 0.6) is 11.5 Å². The number of nitrogens with one attached hydrogen (secondary N) is 2. The minimum absolute atomic E-state index is 0.00368. The Morgan fingerprint density at radius 2 is 1.81 bits per heavy atom. The van der Waals surface area contributed by atoms with Gasteiger partial charge in [-0.2, -0.15) is 0 Å². The topological polar surface area (TPSA) is 93.7 Å². The molecule has 7 nitrogen and oxygen atoms in total. The second-order valence-corrected chi connectivity index (χ2v) is 7.54. The maximum Gasteiger partial charge on any atom is 0.279 e. The van der Waals surface area contributed by atoms with E-state index in [2.05, 4.69) is 17.2 Å². The predicted octanol–water partition coefficient (Wildman–Crippen LogP) is 1.79. The lowest BCUT2D eigenvalue weighted by molar-refractivity contribution is -0.130. The van der Waals surface area contributed by atoms with Crippen LogP contribution in [0.1, 0.15) is 18.9 Å². The summed E-state index contributed by atoms with van der Waals surface area (Å²) in [7, 11) is -3.86. The van der Waals surface area contributed by atoms with Gasteiger partial charge in [0.15, 0.2) is 11.5 Å². The number of hydrogen-bond donors (Lipinski definition) is 2. The highest BCUT2D eigenvalue weighted by atomic mass is 32.2. The third-order valence-electron chi connectivity index (χ3n) is 3.88. The summed E-state index contributed by atoms with van der Waals surface area (Å²) in [6.07, 6.45) is 0.914. The molecule has 8 heteroatoms. The zero-order valence-electron chi connectivity index (χ0n) is 14.3. The summed E-state index contributed by atoms with van der Waals surface area (Å²) in [4.78, 5) is 14.3. The van der Waals surface area contributed by atoms with Crippen LogP contribution in [0.4, 0.5) is 0 Å². The summed E-state index contributed by atoms with van der Waals surface area (Å²) >= 11 is 0. The summed E-state index contributed by atoms with van der Waals surface area (Å²) in [6.45, 7) is 2.05. The Morgan fingerprint density at radius 1 is 1.12 bits per heavy atom. The van der Waals surface area contributed by atoms with Crippen molar-refractivity contribution in [2.75, 3.05) is 6.61 Å². The van der Waals surface area contributed by atoms with Crippen LogP contribution in [0.2, 0.25) is 0 Å². The quantitative estimate of drug-likeness (QED) is 0.750. The molecule has 26 heavy (non-hydrogen) atoms. The van der Waals surface area contributed by atoms with Crippen molar-refractivity contribution in [3.63, 3.8) is 0 Å². The molecule has 2 aromatic rings. The number of carbonyl (C=O) groups is 1. The van der Waals surface area contributed by atoms with Gasteiger partial charge in [0.1, 0.15) is 6.61 Å². The number of benzene rings is 2. The van der Waals surface area contributed by atoms with Crippen LogP contribution in [0.3, 0.4) is 0 Å². The number of amides is 1. The van der Waals surface area contributed by atoms with Gasteiger partial charge in [0.05, 0.1) is 4.90 Å². The highest BCUT2D eigenvalue weighted by Gasteiger charge is 2.28. The van der Waals surface area contributed by atoms with E-state index in [0.717, 1.165) is 18.4 Å². The number of rotatable bonds is 6. The van der Waals surface area contributed by atoms with Crippen LogP contribution in [0.25, 0.3) is 0 Å². The number of para-hydroxylation sites is 2. The molecule has 0 spiro atoms. The van der Waals surface area contributed by atoms with E-state index in [1.807, 2.05) is 0 Å². The van der Waals surface area contributed by atoms with Crippen LogP contribution in [-0.4, -0.2) is 27.0 Å². The van der Waals surface area contributed by atoms with Crippen LogP contribution in [-0.2, 0) is 21.2 Å². The van der Waals surface area contributed by atoms with E-state index >= 15 is 0 Å². The molecule has 0 saturated carbocycles. The number of hydrazine groups is 1. The summed E-state index contributed by atoms with van der Waals surface area (Å²) in [6, 6.07) is 13.5. The Kier molecular flexibility index (Phi) is 5.43. The summed E-state index contributed by atoms with van der Waals surface area (Å²) < 4.78 is 35.6. The second kappa shape index (κ2) is 7.76. The molecule has 1 aliphatic heterocycles. The summed E-state index contributed by atoms with van der Waals surface area (Å²) in [5.41, 5.74) is 3.24. The van der Waals surface area contributed by atoms with Crippen molar-refractivity contribution in [1.82, 2.24) is 10.3 Å². The Labute approximate surface area is 152 Å². The molecule has 1 amide bonds. The van der Waals surface area contributed by atoms with Crippen LogP contribution >= 0.6 is 0 Å². The number of hydrogen-bond acceptors (Lipinski definition) is 5. The van der Waals surface area contributed by atoms with E-state index < -0.39 is 22.0 Å². The Morgan fingerprint density at radius 3 is 2.50 bits per heavy atom. The lowest BCUT2D eigenvalue weighted by atomic mass is 10.1. The fourth-order valence-corrected chi connectivity index (χ4v) is 3.38. The molecule has 138 valence electrons. The first-order valence-electron chi connectivity index (χ1n) is 8.28. The Balaban J connectivity index is 1.60. The molecular formula is C18H20N2O5S. The smallest absolute Gasteiger partial charge is 0.279 e. The van der Waals surface area contributed by atoms with Gasteiger partial charge in [-0.15, -0.1) is 4.83 Å². The SMILES string of the molecule is CCCc1ccc(S(=O)(=O)NNC(=O)[C@@H]2COc3ccccc3O2)cc1. The largest absolute Gasteiger partial charge is 0.485 e. The molecule has 0 aliphatic carbocycles. The fraction of sp³-hybridized carbons (Fsp3) is 0.278. The zero-order valence-corrected chi connectivity index (χ0v) is 15.1. The molecule has 2 aromatic carbocycles. The molecule has 1 aliphatic rings. The van der Waals surface area contributed by atoms with Gasteiger partial charge >= 0.3 is 0 Å². The summed E-state index contributed by atoms with van der Waals surface area (Å²) in [5.74, 6) is 0.350. The summed E-state index contributed by atoms with van der Waals surface area (Å²) in [5, 5.41) is 0. The Bertz CT molecular complexity index is 881. The first-order valence-corrected chi connectivity index (χ1v) is 9.77. The molecule has 1 atom stereocenters. The highest BCUT2D eigenvalue weighted by molar-refractivity contribution is 7.89. The standard InChI is InChI=1S/C18H20N2O5S/c1-2-5-13-8-10-14(11-9-13)26(22,23)20-19-18(21)17-12-24-15-6-3-4-7-16(15)25-17/h3-4,6-11,17,20H,2,5,12H2,1H3,(H,19,21)/t17-/m0/s1. The first-order chi connectivity index (χ1) is 12.5. The molecule has 1 heterocycles. The van der Waals surface area contributed by atoms with Gasteiger partial charge in [0.25, 0.3) is 15.9 Å². The molecule has 0 unspecified atom stereocenters. The van der Waals surface area contributed by atoms with Crippen molar-refractivity contribution in [1.29, 1.82) is 0 Å². The van der Waals surface area contributed by atoms with E-state index in [1.165, 1.54) is 12.1 Å². The predicted molar refractivity (Wildman–Crippen MR) is 95.3 cm³/mol. The molecule has 0 radical (unpaired) electrons. The second-order valence-electron chi connectivity index (χ2n) is 5.85. The van der Waals surface area contributed by atoms with Crippen molar-refractivity contribution in [2.24, 2.45) is 0 Å². The van der Waals surface area contributed by atoms with Gasteiger partial charge in [-0.05, 0) is 36.2 Å². The third kappa shape index (κ3) is 4.14. The number of carbonyl (C=O) groups excluding carboxylic acids is 1. The normalized spacial score (nSPS) is 16.1. The van der Waals surface area contributed by atoms with E-state index in [4.69, 9.17) is 9.47 Å². The van der Waals surface area contributed by atoms with Crippen molar-refractivity contribution >= 4 is 15.9 Å². The van der Waals surface area contributed by atoms with Crippen molar-refractivity contribution < 1.29 is 22.7 Å². The van der Waals surface area contributed by atoms with Gasteiger partial charge in [-0.1, -0.05) is 37.6 Å². The fourth-order valence-electron chi connectivity index (χ4n) is 2.53. The molecule has 0 aromatic heterocycles. The molecule has 3 rings (SSSR count). The average Bonchev–Trinajstić information content (AvgIpc) is 2.66. The molecule has 2 N–H and O–H groups in total. The molecule has 0 fully saturated rings. The van der Waals surface area contributed by atoms with Crippen molar-refractivity contribution in [3.05, 3.63) is 54.1 Å². The van der Waals surface area contributed by atoms with Crippen LogP contribution in [0, 0.1) is 0 Å². The zero-order chi connectivity index (χ0) is 18.6. The minimum Gasteiger partial charge on any atom is -0.485 e. The molecular weight excluding hydrogens is 356 g/mol. The lowest BCUT2D eigenvalue weighted by Gasteiger charge is -2.25. The van der Waals surface area contributed by atoms with E-state index in [0.29, 0.717) is 11.5 Å². The maximum absolute atomic E-state index is 12.3. The Hall–Kier alpha value is -2.58. The lowest BCUT2D eigenvalue weighted by Crippen LogP contribution is -2.50. The number of aryl methyl sites for hydroxylation is 1. The van der Waals surface area contributed by atoms with Crippen molar-refractivity contribution in [2.45, 2.75) is 30.8 Å². The van der Waals surface area contributed by atoms with Crippen molar-refractivity contribution in [3.8, 4) is 11.5 Å². The van der Waals surface area contributed by atoms with Gasteiger partial charge in [0, 0.05) is 0 Å². The molecule has 0 bridgehead atoms. The van der Waals surface area contributed by atoms with Gasteiger partial charge in [-0.3, -0.25) is 10.2 Å². The molecule has 0 saturated heterocycles. The number of fused-ring (bicyclic) bond motifs is 1. The average molecular weight is 376 g/mol. The van der Waals surface area contributed by atoms with Gasteiger partial charge in [0.2, 0.25) is 6.10 Å². The van der Waals surface area contributed by atoms with E-state index in [9.17, 15) is 13.2 Å². The van der Waals surface area contributed by atoms with Gasteiger partial charge in [-0.25, -0.2) is 8.42 Å². The highest BCUT2D eigenvalue weighted by Crippen LogP contribution is 2.30. The number of sulfonamides is 1. The van der Waals surface area contributed by atoms with E-state index in [1.54, 1.807) is 36.4 Å². The number of ether oxygens (including phenoxy) is 2. The monoisotopic (exact) mass is 376 g/mol. The van der Waals surface area contributed by atoms with Gasteiger partial charge < -0.3 is 9.47 Å². The van der Waals surface area contributed by atoms with Crippen LogP contribution < -0.4 is 19.7 Å². The maximum atomic E-state index is 12.3. The minimum atomic E-state index is -3.86. The van der Waals surface area contributed by atoms with E-state index in [-0.39, 0.29) is 11.5 Å².